The standard InChI is InChI=1S/C18H28F3N3O3S/c1-17(2,3)28(25,26)10-9-23-16(22-4)24-11-14-5-7-15(8-6-14)12-27-13-18(19,20)21/h5-8H,9-13H2,1-4H3,(H2,22,23,24). The van der Waals surface area contributed by atoms with Gasteiger partial charge in [-0.05, 0) is 31.9 Å². The van der Waals surface area contributed by atoms with Crippen molar-refractivity contribution in [2.75, 3.05) is 26.0 Å². The Kier molecular flexibility index (Phi) is 8.75. The number of benzene rings is 1. The minimum Gasteiger partial charge on any atom is -0.367 e. The molecule has 2 N–H and O–H groups in total. The molecule has 0 aliphatic carbocycles. The van der Waals surface area contributed by atoms with Crippen molar-refractivity contribution in [3.63, 3.8) is 0 Å². The molecule has 0 heterocycles. The second kappa shape index (κ2) is 10.1. The summed E-state index contributed by atoms with van der Waals surface area (Å²) < 4.78 is 64.2. The van der Waals surface area contributed by atoms with Gasteiger partial charge >= 0.3 is 6.18 Å². The Morgan fingerprint density at radius 3 is 2.14 bits per heavy atom. The number of sulfone groups is 1. The van der Waals surface area contributed by atoms with Crippen LogP contribution in [-0.4, -0.2) is 51.3 Å². The fourth-order valence-electron chi connectivity index (χ4n) is 2.05. The molecule has 0 fully saturated rings. The largest absolute Gasteiger partial charge is 0.411 e. The van der Waals surface area contributed by atoms with Crippen LogP contribution in [0.4, 0.5) is 13.2 Å². The molecule has 0 radical (unpaired) electrons. The molecule has 1 rings (SSSR count). The number of hydrogen-bond donors (Lipinski definition) is 2. The molecule has 0 atom stereocenters. The highest BCUT2D eigenvalue weighted by atomic mass is 32.2. The zero-order valence-corrected chi connectivity index (χ0v) is 17.4. The van der Waals surface area contributed by atoms with E-state index >= 15 is 0 Å². The van der Waals surface area contributed by atoms with E-state index < -0.39 is 27.4 Å². The van der Waals surface area contributed by atoms with Crippen molar-refractivity contribution >= 4 is 15.8 Å². The van der Waals surface area contributed by atoms with E-state index in [1.807, 2.05) is 0 Å². The summed E-state index contributed by atoms with van der Waals surface area (Å²) in [7, 11) is -1.64. The van der Waals surface area contributed by atoms with Crippen LogP contribution in [0.1, 0.15) is 31.9 Å². The van der Waals surface area contributed by atoms with Crippen LogP contribution < -0.4 is 10.6 Å². The van der Waals surface area contributed by atoms with Gasteiger partial charge in [0, 0.05) is 20.1 Å². The van der Waals surface area contributed by atoms with Gasteiger partial charge in [-0.1, -0.05) is 24.3 Å². The zero-order chi connectivity index (χ0) is 21.4. The molecule has 0 amide bonds. The van der Waals surface area contributed by atoms with Crippen molar-refractivity contribution in [2.45, 2.75) is 44.8 Å². The predicted molar refractivity (Wildman–Crippen MR) is 104 cm³/mol. The fourth-order valence-corrected chi connectivity index (χ4v) is 3.04. The first-order valence-corrected chi connectivity index (χ1v) is 10.4. The molecule has 0 saturated carbocycles. The van der Waals surface area contributed by atoms with Crippen LogP contribution in [-0.2, 0) is 27.7 Å². The maximum atomic E-state index is 12.1. The molecule has 0 unspecified atom stereocenters. The lowest BCUT2D eigenvalue weighted by Gasteiger charge is -2.19. The first-order valence-electron chi connectivity index (χ1n) is 8.73. The van der Waals surface area contributed by atoms with Gasteiger partial charge in [-0.2, -0.15) is 13.2 Å². The summed E-state index contributed by atoms with van der Waals surface area (Å²) in [5, 5.41) is 6.01. The molecule has 0 aliphatic rings. The molecule has 1 aromatic rings. The Morgan fingerprint density at radius 2 is 1.64 bits per heavy atom. The Morgan fingerprint density at radius 1 is 1.07 bits per heavy atom. The molecule has 0 aromatic heterocycles. The van der Waals surface area contributed by atoms with Gasteiger partial charge in [-0.15, -0.1) is 0 Å². The molecular weight excluding hydrogens is 395 g/mol. The van der Waals surface area contributed by atoms with Gasteiger partial charge in [0.05, 0.1) is 17.1 Å². The van der Waals surface area contributed by atoms with Crippen LogP contribution in [0.25, 0.3) is 0 Å². The zero-order valence-electron chi connectivity index (χ0n) is 16.6. The molecule has 160 valence electrons. The monoisotopic (exact) mass is 423 g/mol. The summed E-state index contributed by atoms with van der Waals surface area (Å²) in [6, 6.07) is 6.94. The summed E-state index contributed by atoms with van der Waals surface area (Å²) in [6.07, 6.45) is -4.33. The highest BCUT2D eigenvalue weighted by Crippen LogP contribution is 2.16. The second-order valence-electron chi connectivity index (χ2n) is 7.21. The van der Waals surface area contributed by atoms with Crippen LogP contribution in [0.5, 0.6) is 0 Å². The van der Waals surface area contributed by atoms with E-state index in [1.54, 1.807) is 52.1 Å². The molecule has 28 heavy (non-hydrogen) atoms. The predicted octanol–water partition coefficient (Wildman–Crippen LogP) is 2.64. The van der Waals surface area contributed by atoms with E-state index in [1.165, 1.54) is 0 Å². The minimum atomic E-state index is -4.33. The van der Waals surface area contributed by atoms with Crippen molar-refractivity contribution in [3.05, 3.63) is 35.4 Å². The van der Waals surface area contributed by atoms with E-state index in [4.69, 9.17) is 0 Å². The molecule has 0 bridgehead atoms. The van der Waals surface area contributed by atoms with Crippen LogP contribution in [0.15, 0.2) is 29.3 Å². The number of rotatable bonds is 8. The maximum absolute atomic E-state index is 12.1. The fraction of sp³-hybridized carbons (Fsp3) is 0.611. The van der Waals surface area contributed by atoms with Crippen molar-refractivity contribution < 1.29 is 26.3 Å². The van der Waals surface area contributed by atoms with E-state index in [0.29, 0.717) is 18.1 Å². The van der Waals surface area contributed by atoms with Crippen molar-refractivity contribution in [1.82, 2.24) is 10.6 Å². The Labute approximate surface area is 164 Å². The van der Waals surface area contributed by atoms with Crippen LogP contribution in [0.3, 0.4) is 0 Å². The summed E-state index contributed by atoms with van der Waals surface area (Å²) >= 11 is 0. The first kappa shape index (κ1) is 24.2. The third-order valence-corrected chi connectivity index (χ3v) is 6.44. The van der Waals surface area contributed by atoms with Crippen molar-refractivity contribution in [1.29, 1.82) is 0 Å². The van der Waals surface area contributed by atoms with Gasteiger partial charge in [0.25, 0.3) is 0 Å². The van der Waals surface area contributed by atoms with E-state index in [9.17, 15) is 21.6 Å². The molecule has 1 aromatic carbocycles. The smallest absolute Gasteiger partial charge is 0.367 e. The van der Waals surface area contributed by atoms with Gasteiger partial charge in [0.2, 0.25) is 0 Å². The third-order valence-electron chi connectivity index (χ3n) is 3.84. The normalized spacial score (nSPS) is 13.5. The second-order valence-corrected chi connectivity index (χ2v) is 10.1. The number of alkyl halides is 3. The number of nitrogens with zero attached hydrogens (tertiary/aromatic N) is 1. The minimum absolute atomic E-state index is 0.0101. The average Bonchev–Trinajstić information content (AvgIpc) is 2.57. The quantitative estimate of drug-likeness (QED) is 0.496. The molecule has 0 aliphatic heterocycles. The van der Waals surface area contributed by atoms with Crippen LogP contribution in [0.2, 0.25) is 0 Å². The van der Waals surface area contributed by atoms with Gasteiger partial charge < -0.3 is 15.4 Å². The van der Waals surface area contributed by atoms with Crippen molar-refractivity contribution in [2.24, 2.45) is 4.99 Å². The van der Waals surface area contributed by atoms with Crippen LogP contribution in [0, 0.1) is 0 Å². The highest BCUT2D eigenvalue weighted by Gasteiger charge is 2.28. The number of aliphatic imine (C=N–C) groups is 1. The molecule has 6 nitrogen and oxygen atoms in total. The van der Waals surface area contributed by atoms with Gasteiger partial charge in [-0.25, -0.2) is 8.42 Å². The summed E-state index contributed by atoms with van der Waals surface area (Å²) in [5.41, 5.74) is 1.53. The van der Waals surface area contributed by atoms with Crippen molar-refractivity contribution in [3.8, 4) is 0 Å². The maximum Gasteiger partial charge on any atom is 0.411 e. The summed E-state index contributed by atoms with van der Waals surface area (Å²) in [4.78, 5) is 4.04. The SMILES string of the molecule is CN=C(NCCS(=O)(=O)C(C)(C)C)NCc1ccc(COCC(F)(F)F)cc1. The van der Waals surface area contributed by atoms with E-state index in [-0.39, 0.29) is 18.9 Å². The number of guanidine groups is 1. The number of ether oxygens (including phenoxy) is 1. The summed E-state index contributed by atoms with van der Waals surface area (Å²) in [6.45, 7) is 4.25. The lowest BCUT2D eigenvalue weighted by Crippen LogP contribution is -2.41. The third kappa shape index (κ3) is 8.92. The average molecular weight is 424 g/mol. The van der Waals surface area contributed by atoms with Crippen LogP contribution >= 0.6 is 0 Å². The Hall–Kier alpha value is -1.81. The highest BCUT2D eigenvalue weighted by molar-refractivity contribution is 7.92. The van der Waals surface area contributed by atoms with E-state index in [2.05, 4.69) is 20.4 Å². The molecule has 0 saturated heterocycles. The summed E-state index contributed by atoms with van der Waals surface area (Å²) in [5.74, 6) is 0.450. The Balaban J connectivity index is 2.43. The molecule has 10 heteroatoms. The first-order chi connectivity index (χ1) is 12.8. The number of halogens is 3. The lowest BCUT2D eigenvalue weighted by atomic mass is 10.1. The lowest BCUT2D eigenvalue weighted by molar-refractivity contribution is -0.176. The van der Waals surface area contributed by atoms with Gasteiger partial charge in [0.1, 0.15) is 6.61 Å². The van der Waals surface area contributed by atoms with Gasteiger partial charge in [-0.3, -0.25) is 4.99 Å². The number of hydrogen-bond acceptors (Lipinski definition) is 4. The molecule has 0 spiro atoms. The van der Waals surface area contributed by atoms with Gasteiger partial charge in [0.15, 0.2) is 15.8 Å². The Bertz CT molecular complexity index is 740. The van der Waals surface area contributed by atoms with E-state index in [0.717, 1.165) is 5.56 Å². The number of nitrogens with one attached hydrogen (secondary N) is 2. The molecular formula is C18H28F3N3O3S. The topological polar surface area (TPSA) is 79.8 Å².